The molecule has 0 saturated carbocycles. The van der Waals surface area contributed by atoms with Crippen molar-refractivity contribution in [2.45, 2.75) is 25.7 Å². The molecule has 0 saturated heterocycles. The van der Waals surface area contributed by atoms with Crippen LogP contribution in [0.15, 0.2) is 53.9 Å². The van der Waals surface area contributed by atoms with Crippen molar-refractivity contribution in [3.63, 3.8) is 0 Å². The van der Waals surface area contributed by atoms with E-state index in [1.54, 1.807) is 29.5 Å². The maximum absolute atomic E-state index is 12.2. The van der Waals surface area contributed by atoms with Crippen LogP contribution in [0, 0.1) is 11.3 Å². The Morgan fingerprint density at radius 3 is 2.70 bits per heavy atom. The Kier molecular flexibility index (Phi) is 6.23. The minimum absolute atomic E-state index is 0.147. The molecule has 1 atom stereocenters. The standard InChI is InChI=1S/C21H18ClN3OS/c1-2-21-25-16(13-27-21)11-20(26)24-15-8-9-17(19(22)10-15)18(12-23)14-6-4-3-5-7-14/h3-10,13,18H,2,11H2,1H3,(H,24,26). The summed E-state index contributed by atoms with van der Waals surface area (Å²) in [4.78, 5) is 16.7. The Hall–Kier alpha value is -2.68. The van der Waals surface area contributed by atoms with Crippen molar-refractivity contribution in [3.8, 4) is 6.07 Å². The molecule has 0 spiro atoms. The number of nitrogens with zero attached hydrogens (tertiary/aromatic N) is 2. The summed E-state index contributed by atoms with van der Waals surface area (Å²) in [6.45, 7) is 2.04. The normalized spacial score (nSPS) is 11.6. The van der Waals surface area contributed by atoms with Gasteiger partial charge in [-0.15, -0.1) is 11.3 Å². The molecule has 3 rings (SSSR count). The smallest absolute Gasteiger partial charge is 0.230 e. The number of anilines is 1. The minimum Gasteiger partial charge on any atom is -0.326 e. The number of hydrogen-bond acceptors (Lipinski definition) is 4. The minimum atomic E-state index is -0.453. The number of rotatable bonds is 6. The second kappa shape index (κ2) is 8.81. The van der Waals surface area contributed by atoms with Crippen molar-refractivity contribution in [2.75, 3.05) is 5.32 Å². The number of amides is 1. The summed E-state index contributed by atoms with van der Waals surface area (Å²) in [6, 6.07) is 17.0. The van der Waals surface area contributed by atoms with E-state index in [-0.39, 0.29) is 12.3 Å². The number of thiazole rings is 1. The molecule has 1 heterocycles. The average Bonchev–Trinajstić information content (AvgIpc) is 3.12. The highest BCUT2D eigenvalue weighted by atomic mass is 35.5. The monoisotopic (exact) mass is 395 g/mol. The maximum Gasteiger partial charge on any atom is 0.230 e. The van der Waals surface area contributed by atoms with Crippen LogP contribution in [0.25, 0.3) is 0 Å². The number of nitrogens with one attached hydrogen (secondary N) is 1. The number of carbonyl (C=O) groups excluding carboxylic acids is 1. The first-order valence-electron chi connectivity index (χ1n) is 8.57. The first kappa shape index (κ1) is 19.1. The number of halogens is 1. The fourth-order valence-electron chi connectivity index (χ4n) is 2.77. The van der Waals surface area contributed by atoms with Gasteiger partial charge in [0.1, 0.15) is 0 Å². The van der Waals surface area contributed by atoms with Crippen molar-refractivity contribution in [1.29, 1.82) is 5.26 Å². The highest BCUT2D eigenvalue weighted by molar-refractivity contribution is 7.09. The first-order valence-corrected chi connectivity index (χ1v) is 9.83. The van der Waals surface area contributed by atoms with Crippen LogP contribution >= 0.6 is 22.9 Å². The van der Waals surface area contributed by atoms with Crippen molar-refractivity contribution in [2.24, 2.45) is 0 Å². The highest BCUT2D eigenvalue weighted by Crippen LogP contribution is 2.31. The van der Waals surface area contributed by atoms with Gasteiger partial charge < -0.3 is 5.32 Å². The fourth-order valence-corrected chi connectivity index (χ4v) is 3.80. The van der Waals surface area contributed by atoms with Crippen LogP contribution in [0.2, 0.25) is 5.02 Å². The molecule has 0 aliphatic heterocycles. The summed E-state index contributed by atoms with van der Waals surface area (Å²) >= 11 is 7.97. The quantitative estimate of drug-likeness (QED) is 0.624. The Balaban J connectivity index is 1.72. The van der Waals surface area contributed by atoms with E-state index in [4.69, 9.17) is 11.6 Å². The zero-order valence-electron chi connectivity index (χ0n) is 14.8. The van der Waals surface area contributed by atoms with E-state index in [2.05, 4.69) is 16.4 Å². The molecule has 0 bridgehead atoms. The van der Waals surface area contributed by atoms with Gasteiger partial charge in [-0.3, -0.25) is 4.79 Å². The molecule has 3 aromatic rings. The van der Waals surface area contributed by atoms with Crippen molar-refractivity contribution < 1.29 is 4.79 Å². The van der Waals surface area contributed by atoms with E-state index in [1.165, 1.54) is 0 Å². The third-order valence-electron chi connectivity index (χ3n) is 4.10. The van der Waals surface area contributed by atoms with Crippen LogP contribution < -0.4 is 5.32 Å². The summed E-state index contributed by atoms with van der Waals surface area (Å²) in [6.07, 6.45) is 1.09. The molecule has 4 nitrogen and oxygen atoms in total. The Morgan fingerprint density at radius 1 is 1.30 bits per heavy atom. The lowest BCUT2D eigenvalue weighted by Crippen LogP contribution is -2.14. The largest absolute Gasteiger partial charge is 0.326 e. The summed E-state index contributed by atoms with van der Waals surface area (Å²) in [5.74, 6) is -0.599. The molecule has 0 aliphatic rings. The molecule has 1 amide bonds. The molecular formula is C21H18ClN3OS. The van der Waals surface area contributed by atoms with Gasteiger partial charge in [0.25, 0.3) is 0 Å². The van der Waals surface area contributed by atoms with E-state index >= 15 is 0 Å². The molecule has 1 aromatic heterocycles. The zero-order valence-corrected chi connectivity index (χ0v) is 16.3. The lowest BCUT2D eigenvalue weighted by molar-refractivity contribution is -0.115. The summed E-state index contributed by atoms with van der Waals surface area (Å²) in [5, 5.41) is 15.8. The van der Waals surface area contributed by atoms with Crippen molar-refractivity contribution in [3.05, 3.63) is 80.8 Å². The topological polar surface area (TPSA) is 65.8 Å². The molecule has 2 aromatic carbocycles. The predicted octanol–water partition coefficient (Wildman–Crippen LogP) is 5.20. The molecule has 0 fully saturated rings. The van der Waals surface area contributed by atoms with E-state index in [1.807, 2.05) is 42.6 Å². The lowest BCUT2D eigenvalue weighted by Gasteiger charge is -2.13. The summed E-state index contributed by atoms with van der Waals surface area (Å²) in [7, 11) is 0. The molecule has 1 N–H and O–H groups in total. The van der Waals surface area contributed by atoms with Gasteiger partial charge >= 0.3 is 0 Å². The maximum atomic E-state index is 12.2. The molecule has 136 valence electrons. The van der Waals surface area contributed by atoms with Crippen molar-refractivity contribution in [1.82, 2.24) is 4.98 Å². The highest BCUT2D eigenvalue weighted by Gasteiger charge is 2.17. The number of hydrogen-bond donors (Lipinski definition) is 1. The van der Waals surface area contributed by atoms with Crippen LogP contribution in [-0.2, 0) is 17.6 Å². The molecule has 1 unspecified atom stereocenters. The third kappa shape index (κ3) is 4.73. The van der Waals surface area contributed by atoms with Gasteiger partial charge in [-0.05, 0) is 29.7 Å². The fraction of sp³-hybridized carbons (Fsp3) is 0.190. The van der Waals surface area contributed by atoms with E-state index in [0.29, 0.717) is 10.7 Å². The Morgan fingerprint density at radius 2 is 2.07 bits per heavy atom. The first-order chi connectivity index (χ1) is 13.1. The van der Waals surface area contributed by atoms with Crippen molar-refractivity contribution >= 4 is 34.5 Å². The van der Waals surface area contributed by atoms with Gasteiger partial charge in [-0.2, -0.15) is 5.26 Å². The Labute approximate surface area is 167 Å². The lowest BCUT2D eigenvalue weighted by atomic mass is 9.92. The van der Waals surface area contributed by atoms with E-state index in [9.17, 15) is 10.1 Å². The summed E-state index contributed by atoms with van der Waals surface area (Å²) < 4.78 is 0. The van der Waals surface area contributed by atoms with Crippen LogP contribution in [0.5, 0.6) is 0 Å². The number of carbonyl (C=O) groups is 1. The van der Waals surface area contributed by atoms with Crippen LogP contribution in [0.1, 0.15) is 34.7 Å². The van der Waals surface area contributed by atoms with Crippen LogP contribution in [0.4, 0.5) is 5.69 Å². The number of aromatic nitrogens is 1. The molecule has 6 heteroatoms. The molecule has 27 heavy (non-hydrogen) atoms. The van der Waals surface area contributed by atoms with Crippen LogP contribution in [-0.4, -0.2) is 10.9 Å². The predicted molar refractivity (Wildman–Crippen MR) is 109 cm³/mol. The Bertz CT molecular complexity index is 979. The summed E-state index contributed by atoms with van der Waals surface area (Å²) in [5.41, 5.74) is 2.97. The molecule has 0 aliphatic carbocycles. The van der Waals surface area contributed by atoms with Gasteiger partial charge in [0.2, 0.25) is 5.91 Å². The second-order valence-corrected chi connectivity index (χ2v) is 7.37. The number of nitriles is 1. The zero-order chi connectivity index (χ0) is 19.2. The van der Waals surface area contributed by atoms with Gasteiger partial charge in [0, 0.05) is 16.1 Å². The van der Waals surface area contributed by atoms with E-state index in [0.717, 1.165) is 28.2 Å². The number of benzene rings is 2. The van der Waals surface area contributed by atoms with Gasteiger partial charge in [-0.25, -0.2) is 4.98 Å². The average molecular weight is 396 g/mol. The number of aryl methyl sites for hydroxylation is 1. The second-order valence-electron chi connectivity index (χ2n) is 6.02. The van der Waals surface area contributed by atoms with Crippen LogP contribution in [0.3, 0.4) is 0 Å². The van der Waals surface area contributed by atoms with Gasteiger partial charge in [-0.1, -0.05) is 54.9 Å². The molecule has 0 radical (unpaired) electrons. The van der Waals surface area contributed by atoms with Gasteiger partial charge in [0.15, 0.2) is 0 Å². The van der Waals surface area contributed by atoms with Gasteiger partial charge in [0.05, 0.1) is 29.1 Å². The molecular weight excluding hydrogens is 378 g/mol. The third-order valence-corrected chi connectivity index (χ3v) is 5.47. The SMILES string of the molecule is CCc1nc(CC(=O)Nc2ccc(C(C#N)c3ccccc3)c(Cl)c2)cs1. The van der Waals surface area contributed by atoms with E-state index < -0.39 is 5.92 Å².